The zero-order chi connectivity index (χ0) is 17.6. The van der Waals surface area contributed by atoms with Crippen LogP contribution in [0.3, 0.4) is 0 Å². The highest BCUT2D eigenvalue weighted by Crippen LogP contribution is 2.51. The quantitative estimate of drug-likeness (QED) is 0.631. The molecule has 126 valence electrons. The normalized spacial score (nSPS) is 19.1. The Bertz CT molecular complexity index is 621. The Hall–Kier alpha value is -2.23. The van der Waals surface area contributed by atoms with Gasteiger partial charge in [0.05, 0.1) is 6.61 Å². The van der Waals surface area contributed by atoms with Crippen LogP contribution < -0.4 is 4.90 Å². The van der Waals surface area contributed by atoms with Crippen molar-refractivity contribution in [1.29, 1.82) is 0 Å². The number of hydrogen-bond donors (Lipinski definition) is 1. The molecule has 0 aromatic heterocycles. The molecular weight excluding hydrogens is 332 g/mol. The van der Waals surface area contributed by atoms with Crippen LogP contribution in [0.2, 0.25) is 0 Å². The first-order chi connectivity index (χ1) is 10.4. The number of anilines is 1. The fraction of sp³-hybridized carbons (Fsp3) is 0.308. The maximum atomic E-state index is 13.3. The molecule has 0 unspecified atom stereocenters. The molecule has 0 bridgehead atoms. The second kappa shape index (κ2) is 5.15. The maximum absolute atomic E-state index is 13.3. The van der Waals surface area contributed by atoms with Gasteiger partial charge in [0.15, 0.2) is 0 Å². The predicted octanol–water partition coefficient (Wildman–Crippen LogP) is 3.13. The Morgan fingerprint density at radius 2 is 1.57 bits per heavy atom. The summed E-state index contributed by atoms with van der Waals surface area (Å²) in [6.45, 7) is 1.90. The van der Waals surface area contributed by atoms with Gasteiger partial charge in [0.1, 0.15) is 5.75 Å². The van der Waals surface area contributed by atoms with Crippen LogP contribution in [0.1, 0.15) is 0 Å². The molecular formula is C13H9F6NO3. The molecule has 0 aliphatic carbocycles. The van der Waals surface area contributed by atoms with Gasteiger partial charge >= 0.3 is 18.1 Å². The zero-order valence-corrected chi connectivity index (χ0v) is 11.2. The number of halogens is 6. The molecule has 1 N–H and O–H groups in total. The van der Waals surface area contributed by atoms with E-state index >= 15 is 0 Å². The van der Waals surface area contributed by atoms with Crippen LogP contribution in [0, 0.1) is 0 Å². The number of aromatic hydroxyl groups is 1. The van der Waals surface area contributed by atoms with Gasteiger partial charge in [-0.05, 0) is 24.3 Å². The summed E-state index contributed by atoms with van der Waals surface area (Å²) in [4.78, 5) is 11.5. The van der Waals surface area contributed by atoms with E-state index in [0.29, 0.717) is 0 Å². The summed E-state index contributed by atoms with van der Waals surface area (Å²) in [5.74, 6) is -1.97. The highest BCUT2D eigenvalue weighted by Gasteiger charge is 2.78. The van der Waals surface area contributed by atoms with E-state index in [-0.39, 0.29) is 0 Å². The number of carbonyl (C=O) groups excluding carboxylic acids is 1. The standard InChI is InChI=1S/C13H9F6NO3/c1-7-6-23-11(12(14,15)16,13(17,18)19)20(10(7)22)8-2-4-9(21)5-3-8/h2-5,21H,1,6H2. The van der Waals surface area contributed by atoms with Crippen LogP contribution >= 0.6 is 0 Å². The number of carbonyl (C=O) groups is 1. The average Bonchev–Trinajstić information content (AvgIpc) is 2.40. The predicted molar refractivity (Wildman–Crippen MR) is 65.5 cm³/mol. The SMILES string of the molecule is C=C1COC(C(F)(F)F)(C(F)(F)F)N(c2ccc(O)cc2)C1=O. The van der Waals surface area contributed by atoms with Crippen molar-refractivity contribution in [3.8, 4) is 5.75 Å². The van der Waals surface area contributed by atoms with E-state index in [4.69, 9.17) is 5.11 Å². The molecule has 10 heteroatoms. The van der Waals surface area contributed by atoms with E-state index in [0.717, 1.165) is 24.3 Å². The Morgan fingerprint density at radius 3 is 2.00 bits per heavy atom. The van der Waals surface area contributed by atoms with E-state index < -0.39 is 52.5 Å². The Labute approximate surface area is 125 Å². The summed E-state index contributed by atoms with van der Waals surface area (Å²) in [5.41, 5.74) is -6.15. The highest BCUT2D eigenvalue weighted by molar-refractivity contribution is 6.07. The minimum Gasteiger partial charge on any atom is -0.508 e. The number of ether oxygens (including phenoxy) is 1. The van der Waals surface area contributed by atoms with Crippen LogP contribution in [0.15, 0.2) is 36.4 Å². The Balaban J connectivity index is 2.73. The summed E-state index contributed by atoms with van der Waals surface area (Å²) in [6, 6.07) is 3.16. The lowest BCUT2D eigenvalue weighted by molar-refractivity contribution is -0.379. The van der Waals surface area contributed by atoms with Crippen molar-refractivity contribution in [1.82, 2.24) is 0 Å². The van der Waals surface area contributed by atoms with Gasteiger partial charge in [-0.1, -0.05) is 6.58 Å². The smallest absolute Gasteiger partial charge is 0.447 e. The van der Waals surface area contributed by atoms with E-state index in [1.54, 1.807) is 0 Å². The van der Waals surface area contributed by atoms with Crippen LogP contribution in [-0.4, -0.2) is 35.7 Å². The number of phenols is 1. The number of nitrogens with zero attached hydrogens (tertiary/aromatic N) is 1. The van der Waals surface area contributed by atoms with Gasteiger partial charge in [-0.2, -0.15) is 26.3 Å². The van der Waals surface area contributed by atoms with Crippen molar-refractivity contribution in [3.05, 3.63) is 36.4 Å². The third-order valence-corrected chi connectivity index (χ3v) is 3.15. The van der Waals surface area contributed by atoms with Gasteiger partial charge in [-0.3, -0.25) is 9.69 Å². The molecule has 0 radical (unpaired) electrons. The molecule has 0 atom stereocenters. The number of amides is 1. The molecule has 1 fully saturated rings. The molecule has 4 nitrogen and oxygen atoms in total. The Kier molecular flexibility index (Phi) is 3.84. The van der Waals surface area contributed by atoms with Crippen molar-refractivity contribution in [3.63, 3.8) is 0 Å². The molecule has 1 aromatic rings. The first kappa shape index (κ1) is 17.1. The van der Waals surface area contributed by atoms with E-state index in [1.807, 2.05) is 0 Å². The molecule has 2 rings (SSSR count). The molecule has 0 spiro atoms. The van der Waals surface area contributed by atoms with Crippen molar-refractivity contribution in [2.24, 2.45) is 0 Å². The van der Waals surface area contributed by atoms with Crippen molar-refractivity contribution in [2.45, 2.75) is 18.1 Å². The number of alkyl halides is 6. The summed E-state index contributed by atoms with van der Waals surface area (Å²) in [7, 11) is 0. The summed E-state index contributed by atoms with van der Waals surface area (Å²) >= 11 is 0. The van der Waals surface area contributed by atoms with Gasteiger partial charge < -0.3 is 9.84 Å². The lowest BCUT2D eigenvalue weighted by atomic mass is 10.0. The number of benzene rings is 1. The van der Waals surface area contributed by atoms with Gasteiger partial charge in [-0.25, -0.2) is 0 Å². The van der Waals surface area contributed by atoms with Crippen molar-refractivity contribution >= 4 is 11.6 Å². The molecule has 1 amide bonds. The van der Waals surface area contributed by atoms with Crippen LogP contribution in [0.4, 0.5) is 32.0 Å². The fourth-order valence-electron chi connectivity index (χ4n) is 2.10. The van der Waals surface area contributed by atoms with E-state index in [9.17, 15) is 31.1 Å². The van der Waals surface area contributed by atoms with Gasteiger partial charge in [0.25, 0.3) is 5.91 Å². The molecule has 1 heterocycles. The molecule has 1 aliphatic rings. The second-order valence-corrected chi connectivity index (χ2v) is 4.69. The average molecular weight is 341 g/mol. The van der Waals surface area contributed by atoms with Crippen LogP contribution in [0.25, 0.3) is 0 Å². The first-order valence-electron chi connectivity index (χ1n) is 6.00. The van der Waals surface area contributed by atoms with E-state index in [2.05, 4.69) is 11.3 Å². The minimum atomic E-state index is -5.96. The number of hydrogen-bond acceptors (Lipinski definition) is 3. The molecule has 1 aliphatic heterocycles. The lowest BCUT2D eigenvalue weighted by Crippen LogP contribution is -2.73. The third kappa shape index (κ3) is 2.52. The van der Waals surface area contributed by atoms with Gasteiger partial charge in [0.2, 0.25) is 0 Å². The first-order valence-corrected chi connectivity index (χ1v) is 6.00. The summed E-state index contributed by atoms with van der Waals surface area (Å²) in [6.07, 6.45) is -11.9. The lowest BCUT2D eigenvalue weighted by Gasteiger charge is -2.47. The van der Waals surface area contributed by atoms with Crippen molar-refractivity contribution < 1.29 is 41.0 Å². The largest absolute Gasteiger partial charge is 0.508 e. The van der Waals surface area contributed by atoms with E-state index in [1.165, 1.54) is 0 Å². The highest BCUT2D eigenvalue weighted by atomic mass is 19.4. The Morgan fingerprint density at radius 1 is 1.09 bits per heavy atom. The molecule has 1 aromatic carbocycles. The summed E-state index contributed by atoms with van der Waals surface area (Å²) < 4.78 is 83.8. The van der Waals surface area contributed by atoms with Crippen LogP contribution in [-0.2, 0) is 9.53 Å². The number of rotatable bonds is 1. The van der Waals surface area contributed by atoms with Crippen LogP contribution in [0.5, 0.6) is 5.75 Å². The van der Waals surface area contributed by atoms with Gasteiger partial charge in [-0.15, -0.1) is 0 Å². The fourth-order valence-corrected chi connectivity index (χ4v) is 2.10. The third-order valence-electron chi connectivity index (χ3n) is 3.15. The summed E-state index contributed by atoms with van der Waals surface area (Å²) in [5, 5.41) is 9.13. The zero-order valence-electron chi connectivity index (χ0n) is 11.2. The second-order valence-electron chi connectivity index (χ2n) is 4.69. The molecule has 23 heavy (non-hydrogen) atoms. The van der Waals surface area contributed by atoms with Gasteiger partial charge in [0, 0.05) is 11.3 Å². The van der Waals surface area contributed by atoms with Crippen molar-refractivity contribution in [2.75, 3.05) is 11.5 Å². The molecule has 1 saturated heterocycles. The topological polar surface area (TPSA) is 49.8 Å². The maximum Gasteiger partial charge on any atom is 0.447 e. The minimum absolute atomic E-state index is 0.400. The molecule has 0 saturated carbocycles. The number of phenolic OH excluding ortho intramolecular Hbond substituents is 1. The monoisotopic (exact) mass is 341 g/mol.